The van der Waals surface area contributed by atoms with Gasteiger partial charge in [-0.1, -0.05) is 36.4 Å². The van der Waals surface area contributed by atoms with Gasteiger partial charge in [-0.2, -0.15) is 5.26 Å². The fourth-order valence-electron chi connectivity index (χ4n) is 2.21. The van der Waals surface area contributed by atoms with Crippen molar-refractivity contribution in [3.05, 3.63) is 59.7 Å². The van der Waals surface area contributed by atoms with E-state index in [1.165, 1.54) is 0 Å². The molecule has 5 heteroatoms. The summed E-state index contributed by atoms with van der Waals surface area (Å²) in [6.07, 6.45) is 0.539. The number of hydrogen-bond donors (Lipinski definition) is 1. The first-order valence-corrected chi connectivity index (χ1v) is 7.70. The summed E-state index contributed by atoms with van der Waals surface area (Å²) in [6, 6.07) is 17.4. The Kier molecular flexibility index (Phi) is 6.66. The quantitative estimate of drug-likeness (QED) is 0.810. The van der Waals surface area contributed by atoms with Gasteiger partial charge in [-0.3, -0.25) is 4.79 Å². The Labute approximate surface area is 141 Å². The summed E-state index contributed by atoms with van der Waals surface area (Å²) < 4.78 is 11.2. The van der Waals surface area contributed by atoms with Crippen LogP contribution in [0.15, 0.2) is 48.5 Å². The lowest BCUT2D eigenvalue weighted by Gasteiger charge is -2.12. The number of ether oxygens (including phenoxy) is 2. The fraction of sp³-hybridized carbons (Fsp3) is 0.263. The predicted molar refractivity (Wildman–Crippen MR) is 90.7 cm³/mol. The van der Waals surface area contributed by atoms with Crippen LogP contribution in [0, 0.1) is 11.3 Å². The van der Waals surface area contributed by atoms with E-state index < -0.39 is 0 Å². The molecule has 0 radical (unpaired) electrons. The van der Waals surface area contributed by atoms with E-state index in [0.717, 1.165) is 11.1 Å². The highest BCUT2D eigenvalue weighted by Gasteiger charge is 2.07. The van der Waals surface area contributed by atoms with Crippen LogP contribution < -0.4 is 14.8 Å². The van der Waals surface area contributed by atoms with E-state index >= 15 is 0 Å². The van der Waals surface area contributed by atoms with E-state index in [1.54, 1.807) is 7.11 Å². The molecule has 0 unspecified atom stereocenters. The van der Waals surface area contributed by atoms with E-state index in [9.17, 15) is 4.79 Å². The van der Waals surface area contributed by atoms with Crippen molar-refractivity contribution in [1.82, 2.24) is 5.32 Å². The molecule has 2 aromatic carbocycles. The fourth-order valence-corrected chi connectivity index (χ4v) is 2.21. The molecule has 0 aliphatic rings. The molecule has 2 rings (SSSR count). The van der Waals surface area contributed by atoms with Gasteiger partial charge in [0.25, 0.3) is 0 Å². The number of methoxy groups -OCH3 is 1. The summed E-state index contributed by atoms with van der Waals surface area (Å²) >= 11 is 0. The zero-order valence-corrected chi connectivity index (χ0v) is 13.6. The molecule has 5 nitrogen and oxygen atoms in total. The minimum atomic E-state index is -0.258. The monoisotopic (exact) mass is 324 g/mol. The van der Waals surface area contributed by atoms with Gasteiger partial charge in [0.15, 0.2) is 11.5 Å². The Balaban J connectivity index is 1.96. The highest BCUT2D eigenvalue weighted by molar-refractivity contribution is 5.77. The lowest BCUT2D eigenvalue weighted by atomic mass is 10.1. The zero-order valence-electron chi connectivity index (χ0n) is 13.6. The summed E-state index contributed by atoms with van der Waals surface area (Å²) in [5, 5.41) is 11.2. The van der Waals surface area contributed by atoms with Crippen LogP contribution in [0.1, 0.15) is 17.5 Å². The number of rotatable bonds is 8. The van der Waals surface area contributed by atoms with Gasteiger partial charge in [-0.05, 0) is 29.7 Å². The third-order valence-corrected chi connectivity index (χ3v) is 3.44. The van der Waals surface area contributed by atoms with Crippen LogP contribution in [-0.4, -0.2) is 19.6 Å². The van der Waals surface area contributed by atoms with Crippen molar-refractivity contribution < 1.29 is 14.3 Å². The van der Waals surface area contributed by atoms with Gasteiger partial charge < -0.3 is 14.8 Å². The van der Waals surface area contributed by atoms with Crippen molar-refractivity contribution in [2.75, 3.05) is 13.7 Å². The van der Waals surface area contributed by atoms with Crippen LogP contribution in [0.5, 0.6) is 11.5 Å². The van der Waals surface area contributed by atoms with Gasteiger partial charge in [0.1, 0.15) is 13.0 Å². The average molecular weight is 324 g/mol. The topological polar surface area (TPSA) is 71.3 Å². The van der Waals surface area contributed by atoms with Crippen LogP contribution >= 0.6 is 0 Å². The Bertz CT molecular complexity index is 708. The summed E-state index contributed by atoms with van der Waals surface area (Å²) in [5.74, 6) is 1.08. The maximum absolute atomic E-state index is 11.3. The molecule has 124 valence electrons. The molecule has 0 aliphatic heterocycles. The normalized spacial score (nSPS) is 9.83. The average Bonchev–Trinajstić information content (AvgIpc) is 2.61. The Morgan fingerprint density at radius 2 is 1.92 bits per heavy atom. The van der Waals surface area contributed by atoms with E-state index in [1.807, 2.05) is 54.6 Å². The minimum Gasteiger partial charge on any atom is -0.493 e. The van der Waals surface area contributed by atoms with E-state index in [4.69, 9.17) is 14.7 Å². The second-order valence-electron chi connectivity index (χ2n) is 5.19. The smallest absolute Gasteiger partial charge is 0.234 e. The van der Waals surface area contributed by atoms with Gasteiger partial charge in [0.2, 0.25) is 5.91 Å². The van der Waals surface area contributed by atoms with Gasteiger partial charge in [-0.15, -0.1) is 0 Å². The van der Waals surface area contributed by atoms with Gasteiger partial charge in [0, 0.05) is 6.54 Å². The van der Waals surface area contributed by atoms with Crippen molar-refractivity contribution in [2.45, 2.75) is 19.4 Å². The molecular weight excluding hydrogens is 304 g/mol. The van der Waals surface area contributed by atoms with Crippen LogP contribution in [-0.2, 0) is 17.8 Å². The van der Waals surface area contributed by atoms with Gasteiger partial charge in [-0.25, -0.2) is 0 Å². The van der Waals surface area contributed by atoms with Crippen molar-refractivity contribution in [1.29, 1.82) is 5.26 Å². The van der Waals surface area contributed by atoms with E-state index in [0.29, 0.717) is 31.1 Å². The molecular formula is C19H20N2O3. The number of nitriles is 1. The number of hydrogen-bond acceptors (Lipinski definition) is 4. The summed E-state index contributed by atoms with van der Waals surface area (Å²) in [7, 11) is 1.60. The second-order valence-corrected chi connectivity index (χ2v) is 5.19. The number of benzene rings is 2. The predicted octanol–water partition coefficient (Wildman–Crippen LogP) is 2.85. The van der Waals surface area contributed by atoms with Crippen molar-refractivity contribution in [2.24, 2.45) is 0 Å². The lowest BCUT2D eigenvalue weighted by molar-refractivity contribution is -0.120. The lowest BCUT2D eigenvalue weighted by Crippen LogP contribution is -2.24. The minimum absolute atomic E-state index is 0.117. The first-order valence-electron chi connectivity index (χ1n) is 7.70. The molecule has 0 saturated carbocycles. The SMILES string of the molecule is COc1ccc(CCNC(=O)CC#N)cc1OCc1ccccc1. The maximum atomic E-state index is 11.3. The molecule has 0 aliphatic carbocycles. The number of carbonyl (C=O) groups is 1. The number of carbonyl (C=O) groups excluding carboxylic acids is 1. The number of nitrogens with one attached hydrogen (secondary N) is 1. The summed E-state index contributed by atoms with van der Waals surface area (Å²) in [5.41, 5.74) is 2.10. The highest BCUT2D eigenvalue weighted by atomic mass is 16.5. The largest absolute Gasteiger partial charge is 0.493 e. The molecule has 0 bridgehead atoms. The van der Waals surface area contributed by atoms with Crippen molar-refractivity contribution >= 4 is 5.91 Å². The highest BCUT2D eigenvalue weighted by Crippen LogP contribution is 2.29. The van der Waals surface area contributed by atoms with Crippen LogP contribution in [0.4, 0.5) is 0 Å². The molecule has 0 fully saturated rings. The molecule has 0 heterocycles. The molecule has 24 heavy (non-hydrogen) atoms. The molecule has 0 spiro atoms. The first kappa shape index (κ1) is 17.4. The third-order valence-electron chi connectivity index (χ3n) is 3.44. The molecule has 1 amide bonds. The Morgan fingerprint density at radius 3 is 2.62 bits per heavy atom. The van der Waals surface area contributed by atoms with Crippen LogP contribution in [0.25, 0.3) is 0 Å². The van der Waals surface area contributed by atoms with Crippen molar-refractivity contribution in [3.8, 4) is 17.6 Å². The second kappa shape index (κ2) is 9.21. The maximum Gasteiger partial charge on any atom is 0.234 e. The molecule has 2 aromatic rings. The first-order chi connectivity index (χ1) is 11.7. The summed E-state index contributed by atoms with van der Waals surface area (Å²) in [4.78, 5) is 11.3. The Morgan fingerprint density at radius 1 is 1.12 bits per heavy atom. The Hall–Kier alpha value is -3.00. The van der Waals surface area contributed by atoms with Crippen LogP contribution in [0.3, 0.4) is 0 Å². The van der Waals surface area contributed by atoms with Gasteiger partial charge >= 0.3 is 0 Å². The molecule has 0 aromatic heterocycles. The van der Waals surface area contributed by atoms with Gasteiger partial charge in [0.05, 0.1) is 13.2 Å². The third kappa shape index (κ3) is 5.33. The number of nitrogens with zero attached hydrogens (tertiary/aromatic N) is 1. The summed E-state index contributed by atoms with van der Waals surface area (Å²) in [6.45, 7) is 0.935. The molecule has 1 N–H and O–H groups in total. The zero-order chi connectivity index (χ0) is 17.2. The standard InChI is InChI=1S/C19H20N2O3/c1-23-17-8-7-15(10-12-21-19(22)9-11-20)13-18(17)24-14-16-5-3-2-4-6-16/h2-8,13H,9-10,12,14H2,1H3,(H,21,22). The molecule has 0 atom stereocenters. The van der Waals surface area contributed by atoms with Crippen LogP contribution in [0.2, 0.25) is 0 Å². The molecule has 0 saturated heterocycles. The van der Waals surface area contributed by atoms with E-state index in [2.05, 4.69) is 5.32 Å². The van der Waals surface area contributed by atoms with Crippen molar-refractivity contribution in [3.63, 3.8) is 0 Å². The van der Waals surface area contributed by atoms with E-state index in [-0.39, 0.29) is 12.3 Å². The number of amides is 1.